The maximum atomic E-state index is 12.6. The summed E-state index contributed by atoms with van der Waals surface area (Å²) in [6.45, 7) is 2.14. The Bertz CT molecular complexity index is 2010. The van der Waals surface area contributed by atoms with E-state index in [2.05, 4.69) is 62.5 Å². The molecule has 8 atom stereocenters. The number of aliphatic hydroxyl groups is 3. The number of aliphatic hydroxyl groups excluding tert-OH is 3. The number of nitrogens with zero attached hydrogens (tertiary/aromatic N) is 4. The molecule has 1 fully saturated rings. The molecular weight excluding hydrogens is 931 g/mol. The van der Waals surface area contributed by atoms with Crippen molar-refractivity contribution in [2.45, 2.75) is 122 Å². The number of anilines is 1. The number of amides is 2. The average Bonchev–Trinajstić information content (AvgIpc) is 3.76. The third-order valence-electron chi connectivity index (χ3n) is 9.44. The van der Waals surface area contributed by atoms with E-state index in [0.717, 1.165) is 54.7 Å². The van der Waals surface area contributed by atoms with Crippen LogP contribution in [0.3, 0.4) is 0 Å². The van der Waals surface area contributed by atoms with Crippen LogP contribution >= 0.6 is 35.2 Å². The van der Waals surface area contributed by atoms with Crippen LogP contribution in [0.25, 0.3) is 11.2 Å². The van der Waals surface area contributed by atoms with Gasteiger partial charge in [-0.05, 0) is 32.1 Å². The molecule has 364 valence electrons. The number of nitrogens with one attached hydrogen (secondary N) is 2. The number of carbonyl (C=O) groups is 3. The van der Waals surface area contributed by atoms with Crippen molar-refractivity contribution >= 4 is 69.1 Å². The van der Waals surface area contributed by atoms with Crippen molar-refractivity contribution in [3.05, 3.63) is 24.8 Å². The number of phosphoric acid groups is 3. The van der Waals surface area contributed by atoms with Crippen molar-refractivity contribution < 1.29 is 85.6 Å². The molecule has 0 radical (unpaired) electrons. The number of hydrogen-bond acceptors (Lipinski definition) is 23. The third-order valence-corrected chi connectivity index (χ3v) is 13.4. The van der Waals surface area contributed by atoms with Gasteiger partial charge in [-0.2, -0.15) is 0 Å². The number of hydrogen-bond donors (Lipinski definition) is 6. The number of fused-ring (bicyclic) bond motifs is 1. The molecule has 1 saturated heterocycles. The highest BCUT2D eigenvalue weighted by Gasteiger charge is 2.47. The molecule has 2 amide bonds. The highest BCUT2D eigenvalue weighted by molar-refractivity contribution is 8.13. The number of ether oxygens (including phenoxy) is 1. The topological polar surface area (TPSA) is 395 Å². The number of nitrogen functional groups attached to an aromatic ring is 1. The molecule has 7 N–H and O–H groups in total. The normalized spacial score (nSPS) is 21.1. The highest BCUT2D eigenvalue weighted by atomic mass is 32.2. The van der Waals surface area contributed by atoms with Crippen molar-refractivity contribution in [3.63, 3.8) is 0 Å². The summed E-state index contributed by atoms with van der Waals surface area (Å²) in [5, 5.41) is 36.2. The van der Waals surface area contributed by atoms with Gasteiger partial charge in [-0.25, -0.2) is 19.3 Å². The molecule has 1 aliphatic rings. The fourth-order valence-electron chi connectivity index (χ4n) is 6.02. The van der Waals surface area contributed by atoms with Gasteiger partial charge < -0.3 is 74.1 Å². The van der Waals surface area contributed by atoms with E-state index in [9.17, 15) is 63.0 Å². The number of allylic oxidation sites excluding steroid dienone is 2. The Morgan fingerprint density at radius 1 is 1.00 bits per heavy atom. The quantitative estimate of drug-likeness (QED) is 0.0329. The van der Waals surface area contributed by atoms with Gasteiger partial charge in [0.15, 0.2) is 22.8 Å². The number of phosphoric ester groups is 3. The van der Waals surface area contributed by atoms with Crippen molar-refractivity contribution in [3.8, 4) is 0 Å². The lowest BCUT2D eigenvalue weighted by Gasteiger charge is -2.36. The van der Waals surface area contributed by atoms with Crippen LogP contribution in [0.2, 0.25) is 0 Å². The number of carbonyl (C=O) groups excluding carboxylic acids is 3. The van der Waals surface area contributed by atoms with Crippen LogP contribution in [0.1, 0.15) is 91.2 Å². The molecular formula is C35H56N7O18P3S-4. The molecule has 0 aromatic carbocycles. The molecule has 0 aliphatic carbocycles. The predicted molar refractivity (Wildman–Crippen MR) is 221 cm³/mol. The van der Waals surface area contributed by atoms with E-state index in [-0.39, 0.29) is 53.8 Å². The van der Waals surface area contributed by atoms with Crippen LogP contribution in [-0.4, -0.2) is 114 Å². The van der Waals surface area contributed by atoms with Crippen molar-refractivity contribution in [1.29, 1.82) is 0 Å². The summed E-state index contributed by atoms with van der Waals surface area (Å²) in [6.07, 6.45) is 3.74. The van der Waals surface area contributed by atoms with E-state index in [4.69, 9.17) is 10.5 Å². The second-order valence-corrected chi connectivity index (χ2v) is 20.5. The Balaban J connectivity index is 1.37. The summed E-state index contributed by atoms with van der Waals surface area (Å²) in [5.74, 6) is -1.35. The molecule has 2 aromatic heterocycles. The molecule has 25 nitrogen and oxygen atoms in total. The summed E-state index contributed by atoms with van der Waals surface area (Å²) in [7, 11) is -17.6. The molecule has 64 heavy (non-hydrogen) atoms. The number of thioether (sulfide) groups is 1. The minimum Gasteiger partial charge on any atom is -0.790 e. The second-order valence-electron chi connectivity index (χ2n) is 15.3. The van der Waals surface area contributed by atoms with Gasteiger partial charge in [-0.15, -0.1) is 0 Å². The van der Waals surface area contributed by atoms with Gasteiger partial charge in [0.1, 0.15) is 36.3 Å². The molecule has 0 bridgehead atoms. The largest absolute Gasteiger partial charge is 0.790 e. The highest BCUT2D eigenvalue weighted by Crippen LogP contribution is 2.56. The van der Waals surface area contributed by atoms with E-state index >= 15 is 0 Å². The van der Waals surface area contributed by atoms with E-state index in [1.54, 1.807) is 0 Å². The van der Waals surface area contributed by atoms with Crippen LogP contribution in [0, 0.1) is 5.41 Å². The van der Waals surface area contributed by atoms with E-state index in [0.29, 0.717) is 6.42 Å². The second kappa shape index (κ2) is 26.0. The zero-order valence-electron chi connectivity index (χ0n) is 35.5. The first-order chi connectivity index (χ1) is 29.9. The monoisotopic (exact) mass is 987 g/mol. The maximum absolute atomic E-state index is 12.6. The molecule has 1 aliphatic heterocycles. The number of imidazole rings is 1. The molecule has 2 aromatic rings. The fraction of sp³-hybridized carbons (Fsp3) is 0.714. The molecule has 2 unspecified atom stereocenters. The van der Waals surface area contributed by atoms with Crippen molar-refractivity contribution in [2.24, 2.45) is 5.41 Å². The predicted octanol–water partition coefficient (Wildman–Crippen LogP) is -0.415. The van der Waals surface area contributed by atoms with Gasteiger partial charge in [-0.1, -0.05) is 63.9 Å². The molecule has 0 spiro atoms. The van der Waals surface area contributed by atoms with Crippen LogP contribution in [0.4, 0.5) is 5.82 Å². The van der Waals surface area contributed by atoms with Gasteiger partial charge in [0.2, 0.25) is 11.8 Å². The lowest BCUT2D eigenvalue weighted by Crippen LogP contribution is -2.46. The zero-order valence-corrected chi connectivity index (χ0v) is 39.0. The standard InChI is InChI=1S/C35H60N7O18P3S/c1-4-5-6-7-8-9-10-11-12-13-23(43)18-26(45)64-17-16-37-25(44)14-15-38-33(48)30(47)35(2,3)20-57-63(54,55)60-62(52,53)56-19-24-29(59-61(49,50)51)28(46)34(58-24)42-22-41-27-31(36)39-21-40-32(27)42/h8-9,21-24,28-30,34,43,46-47H,4-7,10-20H2,1-3H3,(H,37,44)(H,38,48)(H,52,53)(H,54,55)(H2,36,39,40)(H2,49,50,51)/p-4/b9-8-/t23-,24+,28+,29+,30-,34+/m0/s1. The smallest absolute Gasteiger partial charge is 0.274 e. The Kier molecular flexibility index (Phi) is 22.6. The van der Waals surface area contributed by atoms with Crippen LogP contribution < -0.4 is 35.9 Å². The SMILES string of the molecule is CCCCC/C=C\CCCC[C@H](O)CC(=O)SCCNC(=O)CCNC(=O)[C@H](O)C(C)(C)COP(=O)([O-])OP(=O)([O-])OC[C@H]1O[C@@H](n2cnc3c(N)ncnc32)[C@H](O)[C@@H]1OP(=O)([O-])[O-]. The maximum Gasteiger partial charge on any atom is 0.274 e. The van der Waals surface area contributed by atoms with Crippen molar-refractivity contribution in [1.82, 2.24) is 30.2 Å². The van der Waals surface area contributed by atoms with Crippen LogP contribution in [-0.2, 0) is 50.7 Å². The van der Waals surface area contributed by atoms with E-state index in [1.807, 2.05) is 0 Å². The number of rotatable bonds is 30. The van der Waals surface area contributed by atoms with Gasteiger partial charge in [0.25, 0.3) is 15.6 Å². The van der Waals surface area contributed by atoms with Crippen LogP contribution in [0.15, 0.2) is 24.8 Å². The molecule has 3 rings (SSSR count). The minimum absolute atomic E-state index is 0.00213. The zero-order chi connectivity index (χ0) is 47.7. The minimum atomic E-state index is -5.93. The summed E-state index contributed by atoms with van der Waals surface area (Å²) in [5.41, 5.74) is 4.05. The first-order valence-corrected chi connectivity index (χ1v) is 25.6. The van der Waals surface area contributed by atoms with E-state index < -0.39 is 90.7 Å². The molecule has 3 heterocycles. The lowest BCUT2D eigenvalue weighted by molar-refractivity contribution is -0.347. The number of aromatic nitrogens is 4. The third kappa shape index (κ3) is 19.2. The molecule has 29 heteroatoms. The Morgan fingerprint density at radius 2 is 1.67 bits per heavy atom. The number of unbranched alkanes of at least 4 members (excludes halogenated alkanes) is 5. The van der Waals surface area contributed by atoms with Gasteiger partial charge >= 0.3 is 0 Å². The lowest BCUT2D eigenvalue weighted by atomic mass is 9.87. The average molecular weight is 988 g/mol. The first-order valence-electron chi connectivity index (χ1n) is 20.3. The Morgan fingerprint density at radius 3 is 2.34 bits per heavy atom. The van der Waals surface area contributed by atoms with Gasteiger partial charge in [0, 0.05) is 37.1 Å². The van der Waals surface area contributed by atoms with Gasteiger partial charge in [-0.3, -0.25) is 28.1 Å². The number of nitrogens with two attached hydrogens (primary N) is 1. The summed E-state index contributed by atoms with van der Waals surface area (Å²) in [4.78, 5) is 96.7. The van der Waals surface area contributed by atoms with Crippen LogP contribution in [0.5, 0.6) is 0 Å². The van der Waals surface area contributed by atoms with Crippen molar-refractivity contribution in [2.75, 3.05) is 37.8 Å². The summed E-state index contributed by atoms with van der Waals surface area (Å²) in [6, 6.07) is 0. The molecule has 0 saturated carbocycles. The Hall–Kier alpha value is -2.74. The fourth-order valence-corrected chi connectivity index (χ4v) is 9.49. The Labute approximate surface area is 373 Å². The first kappa shape index (κ1) is 55.6. The van der Waals surface area contributed by atoms with E-state index in [1.165, 1.54) is 33.1 Å². The summed E-state index contributed by atoms with van der Waals surface area (Å²) >= 11 is 0.972. The van der Waals surface area contributed by atoms with Gasteiger partial charge in [0.05, 0.1) is 33.5 Å². The summed E-state index contributed by atoms with van der Waals surface area (Å²) < 4.78 is 60.7.